The zero-order chi connectivity index (χ0) is 15.6. The summed E-state index contributed by atoms with van der Waals surface area (Å²) in [5.74, 6) is 1.09. The molecule has 1 aromatic heterocycles. The molecule has 1 spiro atoms. The third-order valence-corrected chi connectivity index (χ3v) is 5.32. The van der Waals surface area contributed by atoms with E-state index in [1.165, 1.54) is 11.4 Å². The van der Waals surface area contributed by atoms with Crippen molar-refractivity contribution in [2.45, 2.75) is 64.2 Å². The average molecular weight is 307 g/mol. The summed E-state index contributed by atoms with van der Waals surface area (Å²) in [5, 5.41) is 0. The monoisotopic (exact) mass is 307 g/mol. The van der Waals surface area contributed by atoms with Gasteiger partial charge in [-0.1, -0.05) is 6.92 Å². The second kappa shape index (κ2) is 6.69. The molecule has 2 aliphatic heterocycles. The maximum atomic E-state index is 6.18. The fourth-order valence-corrected chi connectivity index (χ4v) is 3.89. The normalized spacial score (nSPS) is 25.7. The summed E-state index contributed by atoms with van der Waals surface area (Å²) in [7, 11) is 1.83. The minimum Gasteiger partial charge on any atom is -0.378 e. The van der Waals surface area contributed by atoms with E-state index in [9.17, 15) is 0 Å². The first-order chi connectivity index (χ1) is 10.7. The molecule has 0 aromatic carbocycles. The Morgan fingerprint density at radius 2 is 2.18 bits per heavy atom. The van der Waals surface area contributed by atoms with Gasteiger partial charge in [-0.05, 0) is 32.6 Å². The van der Waals surface area contributed by atoms with Gasteiger partial charge in [-0.25, -0.2) is 4.98 Å². The van der Waals surface area contributed by atoms with Crippen LogP contribution in [-0.2, 0) is 22.4 Å². The van der Waals surface area contributed by atoms with E-state index in [0.29, 0.717) is 0 Å². The van der Waals surface area contributed by atoms with Gasteiger partial charge < -0.3 is 14.5 Å². The van der Waals surface area contributed by atoms with Crippen LogP contribution in [0.15, 0.2) is 0 Å². The summed E-state index contributed by atoms with van der Waals surface area (Å²) in [6, 6.07) is 0. The van der Waals surface area contributed by atoms with Crippen LogP contribution in [-0.4, -0.2) is 53.4 Å². The highest BCUT2D eigenvalue weighted by Gasteiger charge is 2.44. The maximum Gasteiger partial charge on any atom is 0.106 e. The molecule has 0 amide bonds. The number of rotatable bonds is 4. The second-order valence-corrected chi connectivity index (χ2v) is 6.66. The van der Waals surface area contributed by atoms with Crippen molar-refractivity contribution in [3.8, 4) is 0 Å². The van der Waals surface area contributed by atoms with Crippen LogP contribution in [0, 0.1) is 6.92 Å². The summed E-state index contributed by atoms with van der Waals surface area (Å²) in [5.41, 5.74) is 2.36. The van der Waals surface area contributed by atoms with E-state index < -0.39 is 0 Å². The molecule has 3 rings (SSSR count). The first kappa shape index (κ1) is 16.0. The molecule has 0 unspecified atom stereocenters. The molecule has 0 saturated carbocycles. The van der Waals surface area contributed by atoms with Crippen molar-refractivity contribution in [1.82, 2.24) is 14.9 Å². The van der Waals surface area contributed by atoms with E-state index in [0.717, 1.165) is 64.2 Å². The number of imidazole rings is 1. The van der Waals surface area contributed by atoms with Crippen molar-refractivity contribution in [1.29, 1.82) is 0 Å². The molecular weight excluding hydrogens is 278 g/mol. The maximum absolute atomic E-state index is 6.18. The zero-order valence-electron chi connectivity index (χ0n) is 14.2. The summed E-state index contributed by atoms with van der Waals surface area (Å²) >= 11 is 0. The number of aryl methyl sites for hydroxylation is 2. The Kier molecular flexibility index (Phi) is 4.85. The lowest BCUT2D eigenvalue weighted by atomic mass is 9.82. The fraction of sp³-hybridized carbons (Fsp3) is 0.824. The van der Waals surface area contributed by atoms with Crippen LogP contribution in [0.1, 0.15) is 49.8 Å². The van der Waals surface area contributed by atoms with Crippen molar-refractivity contribution in [3.63, 3.8) is 0 Å². The first-order valence-corrected chi connectivity index (χ1v) is 8.60. The van der Waals surface area contributed by atoms with Gasteiger partial charge >= 0.3 is 0 Å². The number of aromatic amines is 1. The van der Waals surface area contributed by atoms with Crippen molar-refractivity contribution >= 4 is 0 Å². The van der Waals surface area contributed by atoms with Crippen LogP contribution in [0.4, 0.5) is 0 Å². The lowest BCUT2D eigenvalue weighted by molar-refractivity contribution is -0.186. The van der Waals surface area contributed by atoms with E-state index in [1.807, 2.05) is 7.11 Å². The topological polar surface area (TPSA) is 50.4 Å². The Labute approximate surface area is 133 Å². The standard InChI is InChI=1S/C17H29N3O2/c1-4-16-18-13(2)14(19-16)12-20-9-7-17(8-10-20)15(21-3)6-5-11-22-17/h15H,4-12H2,1-3H3,(H,18,19)/t15-/m0/s1. The summed E-state index contributed by atoms with van der Waals surface area (Å²) in [6.45, 7) is 8.21. The minimum atomic E-state index is -0.0430. The molecule has 2 aliphatic rings. The van der Waals surface area contributed by atoms with Crippen LogP contribution in [0.3, 0.4) is 0 Å². The molecule has 0 radical (unpaired) electrons. The number of ether oxygens (including phenoxy) is 2. The third-order valence-electron chi connectivity index (χ3n) is 5.32. The Morgan fingerprint density at radius 3 is 2.82 bits per heavy atom. The highest BCUT2D eigenvalue weighted by atomic mass is 16.5. The van der Waals surface area contributed by atoms with Gasteiger partial charge in [0.2, 0.25) is 0 Å². The Balaban J connectivity index is 1.60. The van der Waals surface area contributed by atoms with E-state index >= 15 is 0 Å². The molecule has 22 heavy (non-hydrogen) atoms. The molecular formula is C17H29N3O2. The van der Waals surface area contributed by atoms with Gasteiger partial charge in [0.15, 0.2) is 0 Å². The SMILES string of the molecule is CCc1nc(CN2CCC3(CC2)OCCC[C@@H]3OC)c(C)[nH]1. The summed E-state index contributed by atoms with van der Waals surface area (Å²) in [4.78, 5) is 10.6. The molecule has 1 atom stereocenters. The van der Waals surface area contributed by atoms with Gasteiger partial charge in [0.1, 0.15) is 5.82 Å². The molecule has 5 nitrogen and oxygen atoms in total. The smallest absolute Gasteiger partial charge is 0.106 e. The number of aromatic nitrogens is 2. The van der Waals surface area contributed by atoms with E-state index in [1.54, 1.807) is 0 Å². The summed E-state index contributed by atoms with van der Waals surface area (Å²) < 4.78 is 11.9. The van der Waals surface area contributed by atoms with Crippen molar-refractivity contribution < 1.29 is 9.47 Å². The van der Waals surface area contributed by atoms with Gasteiger partial charge in [0.25, 0.3) is 0 Å². The first-order valence-electron chi connectivity index (χ1n) is 8.60. The van der Waals surface area contributed by atoms with Crippen LogP contribution >= 0.6 is 0 Å². The molecule has 2 saturated heterocycles. The number of likely N-dealkylation sites (tertiary alicyclic amines) is 1. The van der Waals surface area contributed by atoms with Gasteiger partial charge in [-0.15, -0.1) is 0 Å². The number of piperidine rings is 1. The van der Waals surface area contributed by atoms with Gasteiger partial charge in [0.05, 0.1) is 17.4 Å². The van der Waals surface area contributed by atoms with E-state index in [-0.39, 0.29) is 11.7 Å². The summed E-state index contributed by atoms with van der Waals surface area (Å²) in [6.07, 6.45) is 5.62. The predicted octanol–water partition coefficient (Wildman–Crippen LogP) is 2.44. The molecule has 1 aromatic rings. The highest BCUT2D eigenvalue weighted by Crippen LogP contribution is 2.37. The Morgan fingerprint density at radius 1 is 1.41 bits per heavy atom. The largest absolute Gasteiger partial charge is 0.378 e. The lowest BCUT2D eigenvalue weighted by Gasteiger charge is -2.48. The number of nitrogens with one attached hydrogen (secondary N) is 1. The van der Waals surface area contributed by atoms with Crippen LogP contribution < -0.4 is 0 Å². The number of hydrogen-bond acceptors (Lipinski definition) is 4. The van der Waals surface area contributed by atoms with E-state index in [4.69, 9.17) is 14.5 Å². The lowest BCUT2D eigenvalue weighted by Crippen LogP contribution is -2.55. The van der Waals surface area contributed by atoms with Crippen LogP contribution in [0.25, 0.3) is 0 Å². The number of H-pyrrole nitrogens is 1. The highest BCUT2D eigenvalue weighted by molar-refractivity contribution is 5.13. The second-order valence-electron chi connectivity index (χ2n) is 6.66. The molecule has 5 heteroatoms. The fourth-order valence-electron chi connectivity index (χ4n) is 3.89. The van der Waals surface area contributed by atoms with Gasteiger partial charge in [-0.3, -0.25) is 4.90 Å². The van der Waals surface area contributed by atoms with Crippen molar-refractivity contribution in [2.24, 2.45) is 0 Å². The Hall–Kier alpha value is -0.910. The van der Waals surface area contributed by atoms with Crippen molar-refractivity contribution in [2.75, 3.05) is 26.8 Å². The third kappa shape index (κ3) is 3.07. The predicted molar refractivity (Wildman–Crippen MR) is 85.9 cm³/mol. The minimum absolute atomic E-state index is 0.0430. The molecule has 0 bridgehead atoms. The number of nitrogens with zero attached hydrogens (tertiary/aromatic N) is 2. The van der Waals surface area contributed by atoms with Gasteiger partial charge in [0, 0.05) is 45.5 Å². The zero-order valence-corrected chi connectivity index (χ0v) is 14.2. The quantitative estimate of drug-likeness (QED) is 0.928. The number of methoxy groups -OCH3 is 1. The van der Waals surface area contributed by atoms with E-state index in [2.05, 4.69) is 23.7 Å². The molecule has 124 valence electrons. The Bertz CT molecular complexity index is 492. The average Bonchev–Trinajstić information content (AvgIpc) is 2.90. The van der Waals surface area contributed by atoms with Crippen LogP contribution in [0.2, 0.25) is 0 Å². The molecule has 2 fully saturated rings. The molecule has 0 aliphatic carbocycles. The van der Waals surface area contributed by atoms with Crippen molar-refractivity contribution in [3.05, 3.63) is 17.2 Å². The van der Waals surface area contributed by atoms with Gasteiger partial charge in [-0.2, -0.15) is 0 Å². The number of hydrogen-bond donors (Lipinski definition) is 1. The van der Waals surface area contributed by atoms with Crippen LogP contribution in [0.5, 0.6) is 0 Å². The molecule has 1 N–H and O–H groups in total. The molecule has 3 heterocycles.